The van der Waals surface area contributed by atoms with Crippen molar-refractivity contribution in [1.29, 1.82) is 0 Å². The average Bonchev–Trinajstić information content (AvgIpc) is 3.37. The quantitative estimate of drug-likeness (QED) is 0.623. The van der Waals surface area contributed by atoms with Crippen molar-refractivity contribution >= 4 is 0 Å². The summed E-state index contributed by atoms with van der Waals surface area (Å²) in [5.74, 6) is 2.03. The molecule has 2 saturated heterocycles. The van der Waals surface area contributed by atoms with Crippen molar-refractivity contribution in [1.82, 2.24) is 0 Å². The van der Waals surface area contributed by atoms with E-state index in [1.165, 1.54) is 38.5 Å². The molecule has 6 aliphatic rings. The summed E-state index contributed by atoms with van der Waals surface area (Å²) in [7, 11) is 0. The van der Waals surface area contributed by atoms with Gasteiger partial charge in [0.1, 0.15) is 0 Å². The molecule has 2 aliphatic heterocycles. The Morgan fingerprint density at radius 2 is 1.44 bits per heavy atom. The van der Waals surface area contributed by atoms with E-state index in [9.17, 15) is 0 Å². The van der Waals surface area contributed by atoms with Crippen molar-refractivity contribution in [2.45, 2.75) is 83.2 Å². The van der Waals surface area contributed by atoms with Crippen LogP contribution < -0.4 is 0 Å². The minimum absolute atomic E-state index is 0.312. The topological polar surface area (TPSA) is 36.9 Å². The molecule has 4 saturated carbocycles. The lowest BCUT2D eigenvalue weighted by Gasteiger charge is -2.65. The van der Waals surface area contributed by atoms with Gasteiger partial charge >= 0.3 is 0 Å². The summed E-state index contributed by atoms with van der Waals surface area (Å²) in [5, 5.41) is 0. The maximum Gasteiger partial charge on any atom is 0.172 e. The number of ether oxygens (including phenoxy) is 4. The largest absolute Gasteiger partial charge is 0.348 e. The van der Waals surface area contributed by atoms with E-state index >= 15 is 0 Å². The zero-order chi connectivity index (χ0) is 18.3. The molecular formula is C23H36O4. The predicted molar refractivity (Wildman–Crippen MR) is 101 cm³/mol. The predicted octanol–water partition coefficient (Wildman–Crippen LogP) is 4.52. The monoisotopic (exact) mass is 376 g/mol. The first-order chi connectivity index (χ1) is 13.0. The van der Waals surface area contributed by atoms with Gasteiger partial charge in [-0.25, -0.2) is 0 Å². The Morgan fingerprint density at radius 1 is 0.704 bits per heavy atom. The van der Waals surface area contributed by atoms with Gasteiger partial charge in [0.05, 0.1) is 26.4 Å². The average molecular weight is 377 g/mol. The summed E-state index contributed by atoms with van der Waals surface area (Å²) < 4.78 is 25.4. The Balaban J connectivity index is 1.40. The maximum atomic E-state index is 6.55. The Kier molecular flexibility index (Phi) is 3.74. The minimum atomic E-state index is -0.331. The van der Waals surface area contributed by atoms with E-state index in [0.717, 1.165) is 57.5 Å². The van der Waals surface area contributed by atoms with Crippen LogP contribution in [0.1, 0.15) is 71.6 Å². The van der Waals surface area contributed by atoms with Crippen LogP contribution in [-0.2, 0) is 18.9 Å². The molecule has 4 nitrogen and oxygen atoms in total. The Morgan fingerprint density at radius 3 is 2.22 bits per heavy atom. The molecule has 6 atom stereocenters. The van der Waals surface area contributed by atoms with Gasteiger partial charge < -0.3 is 18.9 Å². The van der Waals surface area contributed by atoms with Crippen LogP contribution >= 0.6 is 0 Å². The zero-order valence-corrected chi connectivity index (χ0v) is 17.1. The van der Waals surface area contributed by atoms with Crippen LogP contribution in [0.2, 0.25) is 0 Å². The molecule has 4 aliphatic carbocycles. The molecule has 0 radical (unpaired) electrons. The van der Waals surface area contributed by atoms with E-state index in [4.69, 9.17) is 18.9 Å². The van der Waals surface area contributed by atoms with Gasteiger partial charge in [0.2, 0.25) is 0 Å². The molecule has 0 aromatic rings. The fourth-order valence-electron chi connectivity index (χ4n) is 8.67. The lowest BCUT2D eigenvalue weighted by molar-refractivity contribution is -0.314. The Hall–Kier alpha value is -0.160. The third kappa shape index (κ3) is 2.30. The van der Waals surface area contributed by atoms with E-state index in [0.29, 0.717) is 22.7 Å². The van der Waals surface area contributed by atoms with Gasteiger partial charge in [-0.2, -0.15) is 0 Å². The summed E-state index contributed by atoms with van der Waals surface area (Å²) in [4.78, 5) is 0. The highest BCUT2D eigenvalue weighted by Crippen LogP contribution is 2.70. The molecule has 4 heteroatoms. The van der Waals surface area contributed by atoms with Crippen molar-refractivity contribution in [3.63, 3.8) is 0 Å². The molecule has 0 N–H and O–H groups in total. The number of fused-ring (bicyclic) bond motifs is 6. The van der Waals surface area contributed by atoms with E-state index in [2.05, 4.69) is 13.8 Å². The summed E-state index contributed by atoms with van der Waals surface area (Å²) in [6.07, 6.45) is 11.3. The van der Waals surface area contributed by atoms with Crippen molar-refractivity contribution < 1.29 is 18.9 Å². The van der Waals surface area contributed by atoms with Crippen LogP contribution in [0.5, 0.6) is 0 Å². The van der Waals surface area contributed by atoms with E-state index in [-0.39, 0.29) is 11.6 Å². The van der Waals surface area contributed by atoms with Crippen LogP contribution in [-0.4, -0.2) is 38.0 Å². The molecular weight excluding hydrogens is 340 g/mol. The molecule has 2 spiro atoms. The van der Waals surface area contributed by atoms with Gasteiger partial charge in [-0.1, -0.05) is 20.3 Å². The number of hydrogen-bond acceptors (Lipinski definition) is 4. The first kappa shape index (κ1) is 17.7. The molecule has 6 fully saturated rings. The molecule has 0 bridgehead atoms. The normalized spacial score (nSPS) is 52.7. The van der Waals surface area contributed by atoms with Crippen molar-refractivity contribution in [3.05, 3.63) is 0 Å². The van der Waals surface area contributed by atoms with Crippen molar-refractivity contribution in [2.24, 2.45) is 34.5 Å². The standard InChI is InChI=1S/C23H36O4/c1-20-6-3-4-17(20)19-18(5-7-20)21(2)8-9-22(24-10-11-25-22)14-16(21)15-23(19)26-12-13-27-23/h16-19H,3-15H2,1-2H3/t16-,17-,18-,19-,20-,21+/m1/s1. The van der Waals surface area contributed by atoms with E-state index < -0.39 is 0 Å². The van der Waals surface area contributed by atoms with Crippen LogP contribution in [0.25, 0.3) is 0 Å². The molecule has 27 heavy (non-hydrogen) atoms. The lowest BCUT2D eigenvalue weighted by atomic mass is 9.43. The molecule has 2 heterocycles. The van der Waals surface area contributed by atoms with E-state index in [1.807, 2.05) is 0 Å². The van der Waals surface area contributed by atoms with Gasteiger partial charge in [-0.3, -0.25) is 0 Å². The smallest absolute Gasteiger partial charge is 0.172 e. The minimum Gasteiger partial charge on any atom is -0.348 e. The van der Waals surface area contributed by atoms with Crippen LogP contribution in [0.3, 0.4) is 0 Å². The Labute approximate surface area is 163 Å². The van der Waals surface area contributed by atoms with Gasteiger partial charge in [0.15, 0.2) is 11.6 Å². The van der Waals surface area contributed by atoms with Crippen molar-refractivity contribution in [3.8, 4) is 0 Å². The third-order valence-electron chi connectivity index (χ3n) is 10.1. The molecule has 0 aromatic carbocycles. The first-order valence-corrected chi connectivity index (χ1v) is 11.5. The summed E-state index contributed by atoms with van der Waals surface area (Å²) in [5.41, 5.74) is 0.899. The first-order valence-electron chi connectivity index (χ1n) is 11.5. The third-order valence-corrected chi connectivity index (χ3v) is 10.1. The van der Waals surface area contributed by atoms with Gasteiger partial charge in [0.25, 0.3) is 0 Å². The molecule has 0 unspecified atom stereocenters. The van der Waals surface area contributed by atoms with Gasteiger partial charge in [-0.15, -0.1) is 0 Å². The summed E-state index contributed by atoms with van der Waals surface area (Å²) in [6.45, 7) is 8.22. The van der Waals surface area contributed by atoms with Crippen molar-refractivity contribution in [2.75, 3.05) is 26.4 Å². The van der Waals surface area contributed by atoms with E-state index in [1.54, 1.807) is 0 Å². The molecule has 6 rings (SSSR count). The second-order valence-electron chi connectivity index (χ2n) is 11.1. The second-order valence-corrected chi connectivity index (χ2v) is 11.1. The fourth-order valence-corrected chi connectivity index (χ4v) is 8.67. The summed E-state index contributed by atoms with van der Waals surface area (Å²) >= 11 is 0. The highest BCUT2D eigenvalue weighted by Gasteiger charge is 2.68. The van der Waals surface area contributed by atoms with Crippen LogP contribution in [0.4, 0.5) is 0 Å². The highest BCUT2D eigenvalue weighted by molar-refractivity contribution is 5.14. The Bertz CT molecular complexity index is 607. The SMILES string of the molecule is C[C@]12CCC[C@@H]1[C@@H]1[C@@H](CC2)[C@@]2(C)CCC3(C[C@@H]2CC12OCCO2)OCCO3. The van der Waals surface area contributed by atoms with Crippen LogP contribution in [0, 0.1) is 34.5 Å². The number of rotatable bonds is 0. The molecule has 0 amide bonds. The second kappa shape index (κ2) is 5.71. The van der Waals surface area contributed by atoms with Crippen LogP contribution in [0.15, 0.2) is 0 Å². The van der Waals surface area contributed by atoms with Gasteiger partial charge in [-0.05, 0) is 60.7 Å². The molecule has 152 valence electrons. The maximum absolute atomic E-state index is 6.55. The highest BCUT2D eigenvalue weighted by atomic mass is 16.7. The fraction of sp³-hybridized carbons (Fsp3) is 1.00. The zero-order valence-electron chi connectivity index (χ0n) is 17.1. The number of hydrogen-bond donors (Lipinski definition) is 0. The van der Waals surface area contributed by atoms with Gasteiger partial charge in [0, 0.05) is 25.2 Å². The lowest BCUT2D eigenvalue weighted by Crippen LogP contribution is -2.64. The summed E-state index contributed by atoms with van der Waals surface area (Å²) in [6, 6.07) is 0. The molecule has 0 aromatic heterocycles.